The minimum absolute atomic E-state index is 0.00458. The van der Waals surface area contributed by atoms with E-state index < -0.39 is 11.9 Å². The molecule has 0 saturated carbocycles. The number of carbonyl (C=O) groups is 2. The third-order valence-electron chi connectivity index (χ3n) is 2.56. The van der Waals surface area contributed by atoms with Gasteiger partial charge in [-0.15, -0.1) is 0 Å². The molecule has 0 amide bonds. The summed E-state index contributed by atoms with van der Waals surface area (Å²) in [5.41, 5.74) is 6.96. The quantitative estimate of drug-likeness (QED) is 0.527. The van der Waals surface area contributed by atoms with Crippen LogP contribution in [0.1, 0.15) is 40.0 Å². The summed E-state index contributed by atoms with van der Waals surface area (Å²) in [6.07, 6.45) is 3.15. The Morgan fingerprint density at radius 3 is 2.00 bits per heavy atom. The van der Waals surface area contributed by atoms with Gasteiger partial charge in [-0.25, -0.2) is 9.59 Å². The summed E-state index contributed by atoms with van der Waals surface area (Å²) in [6.45, 7) is 5.68. The molecule has 0 rings (SSSR count). The van der Waals surface area contributed by atoms with E-state index in [9.17, 15) is 9.59 Å². The molecule has 0 aromatic rings. The van der Waals surface area contributed by atoms with Crippen LogP contribution in [0.2, 0.25) is 0 Å². The van der Waals surface area contributed by atoms with E-state index in [1.807, 2.05) is 13.8 Å². The van der Waals surface area contributed by atoms with Crippen molar-refractivity contribution >= 4 is 11.9 Å². The number of carboxylic acids is 2. The van der Waals surface area contributed by atoms with Gasteiger partial charge in [-0.2, -0.15) is 0 Å². The molecule has 0 aliphatic heterocycles. The van der Waals surface area contributed by atoms with Crippen molar-refractivity contribution in [1.29, 1.82) is 0 Å². The Morgan fingerprint density at radius 2 is 1.70 bits per heavy atom. The van der Waals surface area contributed by atoms with Crippen LogP contribution in [-0.2, 0) is 9.59 Å². The predicted octanol–water partition coefficient (Wildman–Crippen LogP) is 1.55. The van der Waals surface area contributed by atoms with E-state index in [0.717, 1.165) is 5.57 Å². The maximum atomic E-state index is 10.5. The van der Waals surface area contributed by atoms with E-state index in [0.29, 0.717) is 31.4 Å². The van der Waals surface area contributed by atoms with Crippen LogP contribution in [-0.4, -0.2) is 40.4 Å². The van der Waals surface area contributed by atoms with Crippen molar-refractivity contribution in [3.63, 3.8) is 0 Å². The molecule has 0 atom stereocenters. The van der Waals surface area contributed by atoms with Crippen molar-refractivity contribution in [2.75, 3.05) is 13.2 Å². The second-order valence-electron chi connectivity index (χ2n) is 4.16. The summed E-state index contributed by atoms with van der Waals surface area (Å²) in [6, 6.07) is 0. The highest BCUT2D eigenvalue weighted by Crippen LogP contribution is 2.10. The Balaban J connectivity index is 0. The summed E-state index contributed by atoms with van der Waals surface area (Å²) in [7, 11) is 0. The third kappa shape index (κ3) is 10.3. The molecule has 116 valence electrons. The highest BCUT2D eigenvalue weighted by atomic mass is 16.4. The standard InChI is InChI=1S/C8H15NO2.C6H10O3/c1-3-7(8(10)11)6(2)4-5-9;1-5(6(8)9)3-2-4-7/h3-5,9H2,1-2H3,(H,10,11);3,7H,2,4H2,1H3,(H,8,9). The molecule has 0 aliphatic rings. The van der Waals surface area contributed by atoms with Crippen molar-refractivity contribution in [1.82, 2.24) is 0 Å². The number of aliphatic hydroxyl groups is 1. The number of nitrogens with two attached hydrogens (primary N) is 1. The monoisotopic (exact) mass is 287 g/mol. The Kier molecular flexibility index (Phi) is 12.8. The van der Waals surface area contributed by atoms with Gasteiger partial charge in [0.05, 0.1) is 0 Å². The van der Waals surface area contributed by atoms with Gasteiger partial charge in [0.2, 0.25) is 0 Å². The summed E-state index contributed by atoms with van der Waals surface area (Å²) in [4.78, 5) is 20.6. The van der Waals surface area contributed by atoms with Gasteiger partial charge < -0.3 is 21.1 Å². The zero-order valence-electron chi connectivity index (χ0n) is 12.3. The first-order chi connectivity index (χ1) is 9.31. The SMILES string of the molecule is CC(=CCCO)C(=O)O.CCC(C(=O)O)=C(C)CCN. The number of hydrogen-bond acceptors (Lipinski definition) is 4. The van der Waals surface area contributed by atoms with Crippen molar-refractivity contribution in [2.24, 2.45) is 5.73 Å². The van der Waals surface area contributed by atoms with E-state index in [-0.39, 0.29) is 12.2 Å². The van der Waals surface area contributed by atoms with Crippen molar-refractivity contribution < 1.29 is 24.9 Å². The van der Waals surface area contributed by atoms with Gasteiger partial charge in [0, 0.05) is 17.8 Å². The molecule has 6 nitrogen and oxygen atoms in total. The smallest absolute Gasteiger partial charge is 0.331 e. The largest absolute Gasteiger partial charge is 0.478 e. The average Bonchev–Trinajstić information content (AvgIpc) is 2.37. The zero-order valence-corrected chi connectivity index (χ0v) is 12.3. The molecule has 0 fully saturated rings. The fourth-order valence-corrected chi connectivity index (χ4v) is 1.37. The minimum atomic E-state index is -0.927. The first-order valence-electron chi connectivity index (χ1n) is 6.44. The topological polar surface area (TPSA) is 121 Å². The molecule has 0 spiro atoms. The minimum Gasteiger partial charge on any atom is -0.478 e. The molecular formula is C14H25NO5. The molecule has 0 saturated heterocycles. The van der Waals surface area contributed by atoms with Crippen LogP contribution >= 0.6 is 0 Å². The second kappa shape index (κ2) is 12.4. The molecule has 6 heteroatoms. The molecule has 20 heavy (non-hydrogen) atoms. The third-order valence-corrected chi connectivity index (χ3v) is 2.56. The second-order valence-corrected chi connectivity index (χ2v) is 4.16. The Bertz CT molecular complexity index is 372. The number of aliphatic carboxylic acids is 2. The lowest BCUT2D eigenvalue weighted by atomic mass is 10.1. The Hall–Kier alpha value is -1.66. The average molecular weight is 287 g/mol. The first-order valence-corrected chi connectivity index (χ1v) is 6.44. The van der Waals surface area contributed by atoms with E-state index in [4.69, 9.17) is 21.1 Å². The summed E-state index contributed by atoms with van der Waals surface area (Å²) >= 11 is 0. The molecule has 0 unspecified atom stereocenters. The van der Waals surface area contributed by atoms with Gasteiger partial charge in [-0.05, 0) is 39.7 Å². The summed E-state index contributed by atoms with van der Waals surface area (Å²) in [5.74, 6) is -1.75. The Morgan fingerprint density at radius 1 is 1.15 bits per heavy atom. The Labute approximate surface area is 119 Å². The van der Waals surface area contributed by atoms with E-state index >= 15 is 0 Å². The number of carboxylic acid groups (broad SMARTS) is 2. The van der Waals surface area contributed by atoms with Gasteiger partial charge in [-0.1, -0.05) is 18.6 Å². The summed E-state index contributed by atoms with van der Waals surface area (Å²) in [5, 5.41) is 25.2. The van der Waals surface area contributed by atoms with E-state index in [1.54, 1.807) is 0 Å². The normalized spacial score (nSPS) is 12.2. The fraction of sp³-hybridized carbons (Fsp3) is 0.571. The van der Waals surface area contributed by atoms with Gasteiger partial charge in [0.15, 0.2) is 0 Å². The lowest BCUT2D eigenvalue weighted by Gasteiger charge is -2.03. The van der Waals surface area contributed by atoms with Crippen LogP contribution in [0.5, 0.6) is 0 Å². The number of aliphatic hydroxyl groups excluding tert-OH is 1. The van der Waals surface area contributed by atoms with Crippen molar-refractivity contribution in [3.05, 3.63) is 22.8 Å². The molecule has 0 aromatic carbocycles. The van der Waals surface area contributed by atoms with Crippen molar-refractivity contribution in [2.45, 2.75) is 40.0 Å². The molecule has 0 aliphatic carbocycles. The maximum absolute atomic E-state index is 10.5. The highest BCUT2D eigenvalue weighted by molar-refractivity contribution is 5.87. The van der Waals surface area contributed by atoms with E-state index in [2.05, 4.69) is 0 Å². The first kappa shape index (κ1) is 20.7. The molecule has 0 heterocycles. The maximum Gasteiger partial charge on any atom is 0.331 e. The molecule has 0 bridgehead atoms. The summed E-state index contributed by atoms with van der Waals surface area (Å²) < 4.78 is 0. The highest BCUT2D eigenvalue weighted by Gasteiger charge is 2.07. The zero-order chi connectivity index (χ0) is 16.1. The van der Waals surface area contributed by atoms with Crippen LogP contribution in [0.4, 0.5) is 0 Å². The lowest BCUT2D eigenvalue weighted by molar-refractivity contribution is -0.133. The van der Waals surface area contributed by atoms with Crippen LogP contribution in [0.15, 0.2) is 22.8 Å². The molecule has 0 aromatic heterocycles. The number of rotatable bonds is 7. The van der Waals surface area contributed by atoms with Crippen LogP contribution in [0.25, 0.3) is 0 Å². The number of hydrogen-bond donors (Lipinski definition) is 4. The van der Waals surface area contributed by atoms with Gasteiger partial charge in [0.1, 0.15) is 0 Å². The van der Waals surface area contributed by atoms with Crippen molar-refractivity contribution in [3.8, 4) is 0 Å². The molecular weight excluding hydrogens is 262 g/mol. The molecule has 0 radical (unpaired) electrons. The van der Waals surface area contributed by atoms with E-state index in [1.165, 1.54) is 13.0 Å². The molecule has 5 N–H and O–H groups in total. The van der Waals surface area contributed by atoms with Gasteiger partial charge >= 0.3 is 11.9 Å². The fourth-order valence-electron chi connectivity index (χ4n) is 1.37. The lowest BCUT2D eigenvalue weighted by Crippen LogP contribution is -2.06. The van der Waals surface area contributed by atoms with Crippen LogP contribution < -0.4 is 5.73 Å². The van der Waals surface area contributed by atoms with Gasteiger partial charge in [0.25, 0.3) is 0 Å². The van der Waals surface area contributed by atoms with Gasteiger partial charge in [-0.3, -0.25) is 0 Å². The predicted molar refractivity (Wildman–Crippen MR) is 77.4 cm³/mol. The van der Waals surface area contributed by atoms with Crippen LogP contribution in [0.3, 0.4) is 0 Å². The van der Waals surface area contributed by atoms with Crippen LogP contribution in [0, 0.1) is 0 Å².